The first kappa shape index (κ1) is 13.6. The van der Waals surface area contributed by atoms with Crippen molar-refractivity contribution in [2.45, 2.75) is 13.3 Å². The number of halogens is 1. The van der Waals surface area contributed by atoms with Crippen molar-refractivity contribution in [3.63, 3.8) is 0 Å². The van der Waals surface area contributed by atoms with Crippen molar-refractivity contribution < 1.29 is 9.72 Å². The van der Waals surface area contributed by atoms with E-state index in [0.29, 0.717) is 28.7 Å². The summed E-state index contributed by atoms with van der Waals surface area (Å²) < 4.78 is 0.533. The number of hydrogen-bond acceptors (Lipinski definition) is 3. The zero-order chi connectivity index (χ0) is 14.2. The van der Waals surface area contributed by atoms with Crippen LogP contribution in [-0.2, 0) is 4.79 Å². The second-order valence-corrected chi connectivity index (χ2v) is 5.28. The fourth-order valence-electron chi connectivity index (χ4n) is 2.20. The molecule has 1 amide bonds. The van der Waals surface area contributed by atoms with Gasteiger partial charge in [-0.05, 0) is 28.4 Å². The minimum Gasteiger partial charge on any atom is -0.310 e. The number of carbonyl (C=O) groups is 1. The highest BCUT2D eigenvalue weighted by Crippen LogP contribution is 2.37. The molecule has 1 aliphatic heterocycles. The number of anilines is 1. The number of nitro benzene ring substituents is 1. The average Bonchev–Trinajstić information content (AvgIpc) is 2.70. The molecule has 1 fully saturated rings. The Balaban J connectivity index is 2.44. The molecule has 0 aliphatic carbocycles. The normalized spacial score (nSPS) is 18.5. The van der Waals surface area contributed by atoms with Crippen molar-refractivity contribution in [2.24, 2.45) is 5.92 Å². The number of non-ortho nitro benzene ring substituents is 1. The first-order valence-corrected chi connectivity index (χ1v) is 6.44. The van der Waals surface area contributed by atoms with Crippen LogP contribution in [0.4, 0.5) is 11.4 Å². The van der Waals surface area contributed by atoms with Gasteiger partial charge in [-0.3, -0.25) is 14.9 Å². The van der Waals surface area contributed by atoms with Gasteiger partial charge in [0, 0.05) is 35.5 Å². The average molecular weight is 323 g/mol. The van der Waals surface area contributed by atoms with Gasteiger partial charge < -0.3 is 4.90 Å². The van der Waals surface area contributed by atoms with E-state index in [0.717, 1.165) is 0 Å². The van der Waals surface area contributed by atoms with E-state index in [2.05, 4.69) is 21.9 Å². The van der Waals surface area contributed by atoms with Crippen LogP contribution in [0.25, 0.3) is 0 Å². The summed E-state index contributed by atoms with van der Waals surface area (Å²) in [6, 6.07) is 2.86. The molecule has 6 heteroatoms. The third-order valence-corrected chi connectivity index (χ3v) is 3.68. The minimum absolute atomic E-state index is 0.00623. The number of rotatable bonds is 2. The summed E-state index contributed by atoms with van der Waals surface area (Å²) >= 11 is 3.30. The first-order chi connectivity index (χ1) is 8.93. The fraction of sp³-hybridized carbons (Fsp3) is 0.308. The Kier molecular flexibility index (Phi) is 3.58. The van der Waals surface area contributed by atoms with Crippen molar-refractivity contribution >= 4 is 33.2 Å². The number of aryl methyl sites for hydroxylation is 1. The SMILES string of the molecule is C#CC1CC(=O)N(c2c(C)cc([N+](=O)[O-])cc2Br)C1. The standard InChI is InChI=1S/C13H11BrN2O3/c1-3-9-5-12(17)15(7-9)13-8(2)4-10(16(18)19)6-11(13)14/h1,4,6,9H,5,7H2,2H3. The maximum Gasteiger partial charge on any atom is 0.270 e. The summed E-state index contributed by atoms with van der Waals surface area (Å²) in [4.78, 5) is 23.9. The second kappa shape index (κ2) is 5.02. The van der Waals surface area contributed by atoms with Gasteiger partial charge in [-0.25, -0.2) is 0 Å². The number of nitrogens with zero attached hydrogens (tertiary/aromatic N) is 2. The lowest BCUT2D eigenvalue weighted by molar-refractivity contribution is -0.385. The molecule has 1 aromatic rings. The molecule has 98 valence electrons. The highest BCUT2D eigenvalue weighted by molar-refractivity contribution is 9.10. The molecular weight excluding hydrogens is 312 g/mol. The molecule has 0 spiro atoms. The lowest BCUT2D eigenvalue weighted by atomic mass is 10.1. The summed E-state index contributed by atoms with van der Waals surface area (Å²) in [5.74, 6) is 2.42. The molecule has 1 aromatic carbocycles. The van der Waals surface area contributed by atoms with Crippen LogP contribution >= 0.6 is 15.9 Å². The van der Waals surface area contributed by atoms with Gasteiger partial charge in [-0.2, -0.15) is 0 Å². The van der Waals surface area contributed by atoms with E-state index in [1.165, 1.54) is 12.1 Å². The van der Waals surface area contributed by atoms with Crippen molar-refractivity contribution in [3.8, 4) is 12.3 Å². The number of amides is 1. The van der Waals surface area contributed by atoms with Crippen LogP contribution in [0.15, 0.2) is 16.6 Å². The molecular formula is C13H11BrN2O3. The molecule has 0 radical (unpaired) electrons. The number of hydrogen-bond donors (Lipinski definition) is 0. The molecule has 0 saturated carbocycles. The van der Waals surface area contributed by atoms with Gasteiger partial charge in [0.25, 0.3) is 5.69 Å². The predicted octanol–water partition coefficient (Wildman–Crippen LogP) is 2.65. The molecule has 19 heavy (non-hydrogen) atoms. The van der Waals surface area contributed by atoms with Crippen molar-refractivity contribution in [1.29, 1.82) is 0 Å². The summed E-state index contributed by atoms with van der Waals surface area (Å²) in [5, 5.41) is 10.8. The Morgan fingerprint density at radius 1 is 1.58 bits per heavy atom. The van der Waals surface area contributed by atoms with Crippen LogP contribution < -0.4 is 4.90 Å². The summed E-state index contributed by atoms with van der Waals surface area (Å²) in [5.41, 5.74) is 1.33. The maximum absolute atomic E-state index is 11.9. The molecule has 5 nitrogen and oxygen atoms in total. The third-order valence-electron chi connectivity index (χ3n) is 3.08. The fourth-order valence-corrected chi connectivity index (χ4v) is 2.96. The first-order valence-electron chi connectivity index (χ1n) is 5.65. The van der Waals surface area contributed by atoms with Crippen LogP contribution in [0.2, 0.25) is 0 Å². The van der Waals surface area contributed by atoms with Gasteiger partial charge in [0.15, 0.2) is 0 Å². The smallest absolute Gasteiger partial charge is 0.270 e. The summed E-state index contributed by atoms with van der Waals surface area (Å²) in [6.45, 7) is 2.19. The molecule has 0 N–H and O–H groups in total. The van der Waals surface area contributed by atoms with E-state index >= 15 is 0 Å². The van der Waals surface area contributed by atoms with E-state index < -0.39 is 4.92 Å². The van der Waals surface area contributed by atoms with Crippen LogP contribution in [0.1, 0.15) is 12.0 Å². The Labute approximate surface area is 118 Å². The van der Waals surface area contributed by atoms with Crippen molar-refractivity contribution in [3.05, 3.63) is 32.3 Å². The number of terminal acetylenes is 1. The highest BCUT2D eigenvalue weighted by atomic mass is 79.9. The third kappa shape index (κ3) is 2.47. The molecule has 1 atom stereocenters. The van der Waals surface area contributed by atoms with Gasteiger partial charge in [0.2, 0.25) is 5.91 Å². The zero-order valence-corrected chi connectivity index (χ0v) is 11.8. The topological polar surface area (TPSA) is 63.5 Å². The van der Waals surface area contributed by atoms with E-state index in [1.807, 2.05) is 0 Å². The van der Waals surface area contributed by atoms with Crippen LogP contribution in [0.3, 0.4) is 0 Å². The summed E-state index contributed by atoms with van der Waals surface area (Å²) in [6.07, 6.45) is 5.67. The van der Waals surface area contributed by atoms with Gasteiger partial charge in [-0.1, -0.05) is 0 Å². The zero-order valence-electron chi connectivity index (χ0n) is 10.2. The van der Waals surface area contributed by atoms with Crippen LogP contribution in [0, 0.1) is 35.3 Å². The van der Waals surface area contributed by atoms with Crippen molar-refractivity contribution in [1.82, 2.24) is 0 Å². The lowest BCUT2D eigenvalue weighted by Gasteiger charge is -2.20. The van der Waals surface area contributed by atoms with Crippen LogP contribution in [0.5, 0.6) is 0 Å². The van der Waals surface area contributed by atoms with Gasteiger partial charge in [0.05, 0.1) is 10.6 Å². The summed E-state index contributed by atoms with van der Waals surface area (Å²) in [7, 11) is 0. The number of benzene rings is 1. The molecule has 0 bridgehead atoms. The number of nitro groups is 1. The molecule has 1 aliphatic rings. The van der Waals surface area contributed by atoms with E-state index in [1.54, 1.807) is 11.8 Å². The van der Waals surface area contributed by atoms with Gasteiger partial charge >= 0.3 is 0 Å². The Morgan fingerprint density at radius 2 is 2.26 bits per heavy atom. The van der Waals surface area contributed by atoms with E-state index in [-0.39, 0.29) is 17.5 Å². The molecule has 1 heterocycles. The molecule has 1 saturated heterocycles. The molecule has 0 aromatic heterocycles. The van der Waals surface area contributed by atoms with Crippen molar-refractivity contribution in [2.75, 3.05) is 11.4 Å². The van der Waals surface area contributed by atoms with Gasteiger partial charge in [-0.15, -0.1) is 12.3 Å². The molecule has 2 rings (SSSR count). The monoisotopic (exact) mass is 322 g/mol. The Morgan fingerprint density at radius 3 is 2.74 bits per heavy atom. The van der Waals surface area contributed by atoms with E-state index in [4.69, 9.17) is 6.42 Å². The maximum atomic E-state index is 11.9. The predicted molar refractivity (Wildman–Crippen MR) is 74.8 cm³/mol. The lowest BCUT2D eigenvalue weighted by Crippen LogP contribution is -2.25. The quantitative estimate of drug-likeness (QED) is 0.477. The largest absolute Gasteiger partial charge is 0.310 e. The van der Waals surface area contributed by atoms with Gasteiger partial charge in [0.1, 0.15) is 0 Å². The Bertz CT molecular complexity index is 583. The van der Waals surface area contributed by atoms with Crippen LogP contribution in [-0.4, -0.2) is 17.4 Å². The second-order valence-electron chi connectivity index (χ2n) is 4.42. The highest BCUT2D eigenvalue weighted by Gasteiger charge is 2.32. The Hall–Kier alpha value is -1.87. The van der Waals surface area contributed by atoms with E-state index in [9.17, 15) is 14.9 Å². The molecule has 1 unspecified atom stereocenters. The minimum atomic E-state index is -0.461. The number of carbonyl (C=O) groups excluding carboxylic acids is 1.